The Morgan fingerprint density at radius 3 is 2.29 bits per heavy atom. The molecule has 1 aromatic heterocycles. The van der Waals surface area contributed by atoms with Crippen LogP contribution in [0.15, 0.2) is 53.3 Å². The van der Waals surface area contributed by atoms with E-state index in [-0.39, 0.29) is 24.0 Å². The van der Waals surface area contributed by atoms with Crippen LogP contribution in [0.2, 0.25) is 0 Å². The van der Waals surface area contributed by atoms with Crippen molar-refractivity contribution in [3.8, 4) is 11.3 Å². The van der Waals surface area contributed by atoms with Crippen LogP contribution in [0.25, 0.3) is 22.0 Å². The summed E-state index contributed by atoms with van der Waals surface area (Å²) in [6, 6.07) is 15.4. The smallest absolute Gasteiger partial charge is 0.272 e. The highest BCUT2D eigenvalue weighted by atomic mass is 35.5. The number of nitrogens with two attached hydrogens (primary N) is 1. The molecule has 1 heterocycles. The van der Waals surface area contributed by atoms with E-state index in [1.54, 1.807) is 6.07 Å². The summed E-state index contributed by atoms with van der Waals surface area (Å²) in [5.74, 6) is 0. The van der Waals surface area contributed by atoms with E-state index in [9.17, 15) is 4.79 Å². The van der Waals surface area contributed by atoms with Gasteiger partial charge >= 0.3 is 0 Å². The standard InChI is InChI=1S/C16H15N3O.ClH/c1-10(17)11-6-8-12(9-7-11)15-13-4-2-3-5-14(13)16(20)19-18-15;/h2-10H,17H2,1H3,(H,19,20);1H. The summed E-state index contributed by atoms with van der Waals surface area (Å²) in [7, 11) is 0. The highest BCUT2D eigenvalue weighted by molar-refractivity contribution is 5.93. The highest BCUT2D eigenvalue weighted by Gasteiger charge is 2.08. The fourth-order valence-electron chi connectivity index (χ4n) is 2.28. The predicted molar refractivity (Wildman–Crippen MR) is 87.7 cm³/mol. The number of hydrogen-bond donors (Lipinski definition) is 2. The van der Waals surface area contributed by atoms with E-state index in [0.29, 0.717) is 5.39 Å². The molecule has 0 aliphatic heterocycles. The SMILES string of the molecule is CC(N)c1ccc(-c2n[nH]c(=O)c3ccccc23)cc1.Cl. The number of rotatable bonds is 2. The second-order valence-electron chi connectivity index (χ2n) is 4.86. The maximum atomic E-state index is 11.8. The molecule has 3 N–H and O–H groups in total. The van der Waals surface area contributed by atoms with Gasteiger partial charge in [-0.1, -0.05) is 42.5 Å². The van der Waals surface area contributed by atoms with Crippen LogP contribution in [0.5, 0.6) is 0 Å². The fourth-order valence-corrected chi connectivity index (χ4v) is 2.28. The van der Waals surface area contributed by atoms with Gasteiger partial charge in [0.2, 0.25) is 0 Å². The average molecular weight is 302 g/mol. The minimum absolute atomic E-state index is 0. The molecule has 0 aliphatic carbocycles. The number of hydrogen-bond acceptors (Lipinski definition) is 3. The first kappa shape index (κ1) is 15.2. The Morgan fingerprint density at radius 2 is 1.67 bits per heavy atom. The van der Waals surface area contributed by atoms with Crippen molar-refractivity contribution >= 4 is 23.2 Å². The quantitative estimate of drug-likeness (QED) is 0.764. The van der Waals surface area contributed by atoms with Crippen molar-refractivity contribution in [3.05, 3.63) is 64.4 Å². The Kier molecular flexibility index (Phi) is 4.40. The lowest BCUT2D eigenvalue weighted by Crippen LogP contribution is -2.09. The van der Waals surface area contributed by atoms with E-state index < -0.39 is 0 Å². The van der Waals surface area contributed by atoms with Gasteiger partial charge in [0.1, 0.15) is 0 Å². The zero-order valence-electron chi connectivity index (χ0n) is 11.5. The van der Waals surface area contributed by atoms with Crippen LogP contribution in [-0.4, -0.2) is 10.2 Å². The lowest BCUT2D eigenvalue weighted by molar-refractivity contribution is 0.818. The van der Waals surface area contributed by atoms with Crippen LogP contribution >= 0.6 is 12.4 Å². The Morgan fingerprint density at radius 1 is 1.05 bits per heavy atom. The van der Waals surface area contributed by atoms with Crippen LogP contribution in [0.1, 0.15) is 18.5 Å². The number of halogens is 1. The van der Waals surface area contributed by atoms with Crippen molar-refractivity contribution in [3.63, 3.8) is 0 Å². The predicted octanol–water partition coefficient (Wildman–Crippen LogP) is 3.03. The topological polar surface area (TPSA) is 71.8 Å². The van der Waals surface area contributed by atoms with E-state index in [4.69, 9.17) is 5.73 Å². The molecule has 0 bridgehead atoms. The second-order valence-corrected chi connectivity index (χ2v) is 4.86. The molecule has 3 aromatic rings. The molecule has 0 fully saturated rings. The monoisotopic (exact) mass is 301 g/mol. The molecule has 108 valence electrons. The van der Waals surface area contributed by atoms with Gasteiger partial charge in [-0.25, -0.2) is 5.10 Å². The first-order chi connectivity index (χ1) is 9.66. The van der Waals surface area contributed by atoms with E-state index in [1.165, 1.54) is 0 Å². The second kappa shape index (κ2) is 6.08. The minimum atomic E-state index is -0.170. The summed E-state index contributed by atoms with van der Waals surface area (Å²) in [6.07, 6.45) is 0. The van der Waals surface area contributed by atoms with Gasteiger partial charge < -0.3 is 5.73 Å². The number of H-pyrrole nitrogens is 1. The van der Waals surface area contributed by atoms with E-state index in [2.05, 4.69) is 10.2 Å². The maximum absolute atomic E-state index is 11.8. The molecule has 3 rings (SSSR count). The van der Waals surface area contributed by atoms with Crippen molar-refractivity contribution in [2.45, 2.75) is 13.0 Å². The van der Waals surface area contributed by atoms with Gasteiger partial charge in [-0.2, -0.15) is 5.10 Å². The minimum Gasteiger partial charge on any atom is -0.324 e. The molecule has 0 saturated heterocycles. The van der Waals surface area contributed by atoms with Gasteiger partial charge in [-0.15, -0.1) is 12.4 Å². The largest absolute Gasteiger partial charge is 0.324 e. The van der Waals surface area contributed by atoms with Crippen LogP contribution in [0, 0.1) is 0 Å². The molecule has 0 spiro atoms. The van der Waals surface area contributed by atoms with Crippen molar-refractivity contribution in [1.29, 1.82) is 0 Å². The lowest BCUT2D eigenvalue weighted by Gasteiger charge is -2.08. The summed E-state index contributed by atoms with van der Waals surface area (Å²) < 4.78 is 0. The Hall–Kier alpha value is -2.17. The van der Waals surface area contributed by atoms with Crippen LogP contribution in [0.3, 0.4) is 0 Å². The molecule has 5 heteroatoms. The van der Waals surface area contributed by atoms with Gasteiger partial charge in [-0.05, 0) is 18.6 Å². The normalized spacial score (nSPS) is 11.9. The Labute approximate surface area is 128 Å². The first-order valence-electron chi connectivity index (χ1n) is 6.50. The highest BCUT2D eigenvalue weighted by Crippen LogP contribution is 2.25. The number of nitrogens with zero attached hydrogens (tertiary/aromatic N) is 1. The number of aromatic nitrogens is 2. The molecular weight excluding hydrogens is 286 g/mol. The molecular formula is C16H16ClN3O. The first-order valence-corrected chi connectivity index (χ1v) is 6.50. The van der Waals surface area contributed by atoms with Crippen molar-refractivity contribution in [2.75, 3.05) is 0 Å². The Balaban J connectivity index is 0.00000161. The molecule has 0 radical (unpaired) electrons. The third kappa shape index (κ3) is 2.82. The zero-order chi connectivity index (χ0) is 14.1. The summed E-state index contributed by atoms with van der Waals surface area (Å²) in [5, 5.41) is 8.23. The van der Waals surface area contributed by atoms with Crippen LogP contribution < -0.4 is 11.3 Å². The van der Waals surface area contributed by atoms with Crippen molar-refractivity contribution in [2.24, 2.45) is 5.73 Å². The Bertz CT molecular complexity index is 810. The molecule has 1 atom stereocenters. The molecule has 0 saturated carbocycles. The third-order valence-corrected chi connectivity index (χ3v) is 3.41. The number of nitrogens with one attached hydrogen (secondary N) is 1. The number of aromatic amines is 1. The molecule has 0 amide bonds. The zero-order valence-corrected chi connectivity index (χ0v) is 12.4. The lowest BCUT2D eigenvalue weighted by atomic mass is 10.0. The van der Waals surface area contributed by atoms with Crippen molar-refractivity contribution < 1.29 is 0 Å². The average Bonchev–Trinajstić information content (AvgIpc) is 2.48. The third-order valence-electron chi connectivity index (χ3n) is 3.41. The van der Waals surface area contributed by atoms with E-state index in [1.807, 2.05) is 49.4 Å². The summed E-state index contributed by atoms with van der Waals surface area (Å²) in [6.45, 7) is 1.95. The number of fused-ring (bicyclic) bond motifs is 1. The molecule has 21 heavy (non-hydrogen) atoms. The fraction of sp³-hybridized carbons (Fsp3) is 0.125. The van der Waals surface area contributed by atoms with Gasteiger partial charge in [-0.3, -0.25) is 4.79 Å². The van der Waals surface area contributed by atoms with E-state index >= 15 is 0 Å². The van der Waals surface area contributed by atoms with Gasteiger partial charge in [0.15, 0.2) is 0 Å². The van der Waals surface area contributed by atoms with Gasteiger partial charge in [0.25, 0.3) is 5.56 Å². The van der Waals surface area contributed by atoms with Gasteiger partial charge in [0, 0.05) is 17.0 Å². The van der Waals surface area contributed by atoms with Crippen molar-refractivity contribution in [1.82, 2.24) is 10.2 Å². The molecule has 2 aromatic carbocycles. The van der Waals surface area contributed by atoms with Gasteiger partial charge in [0.05, 0.1) is 11.1 Å². The maximum Gasteiger partial charge on any atom is 0.272 e. The summed E-state index contributed by atoms with van der Waals surface area (Å²) in [4.78, 5) is 11.8. The molecule has 1 unspecified atom stereocenters. The molecule has 4 nitrogen and oxygen atoms in total. The number of benzene rings is 2. The van der Waals surface area contributed by atoms with E-state index in [0.717, 1.165) is 22.2 Å². The van der Waals surface area contributed by atoms with Crippen LogP contribution in [0.4, 0.5) is 0 Å². The van der Waals surface area contributed by atoms with Crippen LogP contribution in [-0.2, 0) is 0 Å². The summed E-state index contributed by atoms with van der Waals surface area (Å²) >= 11 is 0. The summed E-state index contributed by atoms with van der Waals surface area (Å²) in [5.41, 5.74) is 8.49. The molecule has 0 aliphatic rings.